The summed E-state index contributed by atoms with van der Waals surface area (Å²) in [5, 5.41) is 8.90. The van der Waals surface area contributed by atoms with Crippen molar-refractivity contribution in [1.82, 2.24) is 4.90 Å². The van der Waals surface area contributed by atoms with Crippen molar-refractivity contribution in [3.8, 4) is 0 Å². The van der Waals surface area contributed by atoms with Crippen LogP contribution in [0.2, 0.25) is 0 Å². The maximum absolute atomic E-state index is 11.2. The molecule has 4 nitrogen and oxygen atoms in total. The molecule has 0 radical (unpaired) electrons. The Morgan fingerprint density at radius 3 is 2.67 bits per heavy atom. The molecule has 0 aliphatic carbocycles. The molecule has 1 atom stereocenters. The Labute approximate surface area is 71.2 Å². The molecule has 68 valence electrons. The first-order valence-electron chi connectivity index (χ1n) is 4.06. The van der Waals surface area contributed by atoms with Gasteiger partial charge in [0, 0.05) is 13.0 Å². The van der Waals surface area contributed by atoms with E-state index >= 15 is 0 Å². The van der Waals surface area contributed by atoms with Gasteiger partial charge in [-0.3, -0.25) is 4.79 Å². The Morgan fingerprint density at radius 2 is 2.33 bits per heavy atom. The quantitative estimate of drug-likeness (QED) is 0.657. The van der Waals surface area contributed by atoms with Crippen LogP contribution < -0.4 is 0 Å². The summed E-state index contributed by atoms with van der Waals surface area (Å²) < 4.78 is 0. The summed E-state index contributed by atoms with van der Waals surface area (Å²) in [4.78, 5) is 23.5. The Balaban J connectivity index is 2.91. The smallest absolute Gasteiger partial charge is 0.329 e. The Hall–Kier alpha value is -1.06. The molecule has 0 bridgehead atoms. The summed E-state index contributed by atoms with van der Waals surface area (Å²) in [5.41, 5.74) is -0.966. The van der Waals surface area contributed by atoms with Crippen molar-refractivity contribution in [2.24, 2.45) is 0 Å². The van der Waals surface area contributed by atoms with Crippen LogP contribution in [0.5, 0.6) is 0 Å². The summed E-state index contributed by atoms with van der Waals surface area (Å²) in [6, 6.07) is 0. The van der Waals surface area contributed by atoms with E-state index in [4.69, 9.17) is 5.11 Å². The van der Waals surface area contributed by atoms with Crippen LogP contribution >= 0.6 is 0 Å². The lowest BCUT2D eigenvalue weighted by Crippen LogP contribution is -2.49. The third-order valence-corrected chi connectivity index (χ3v) is 2.50. The molecule has 12 heavy (non-hydrogen) atoms. The number of hydrogen-bond donors (Lipinski definition) is 1. The SMILES string of the molecule is CCN1C(=O)CC[C@@]1(C)C(=O)O. The average molecular weight is 171 g/mol. The van der Waals surface area contributed by atoms with Crippen molar-refractivity contribution in [3.05, 3.63) is 0 Å². The molecule has 0 aromatic carbocycles. The molecule has 0 unspecified atom stereocenters. The van der Waals surface area contributed by atoms with Crippen molar-refractivity contribution in [3.63, 3.8) is 0 Å². The Morgan fingerprint density at radius 1 is 1.75 bits per heavy atom. The van der Waals surface area contributed by atoms with E-state index in [1.165, 1.54) is 4.90 Å². The summed E-state index contributed by atoms with van der Waals surface area (Å²) in [6.07, 6.45) is 0.783. The van der Waals surface area contributed by atoms with Crippen molar-refractivity contribution in [1.29, 1.82) is 0 Å². The maximum Gasteiger partial charge on any atom is 0.329 e. The van der Waals surface area contributed by atoms with Gasteiger partial charge in [0.2, 0.25) is 5.91 Å². The van der Waals surface area contributed by atoms with E-state index in [9.17, 15) is 9.59 Å². The van der Waals surface area contributed by atoms with Gasteiger partial charge in [-0.1, -0.05) is 0 Å². The van der Waals surface area contributed by atoms with Gasteiger partial charge >= 0.3 is 5.97 Å². The lowest BCUT2D eigenvalue weighted by molar-refractivity contribution is -0.152. The molecule has 1 N–H and O–H groups in total. The van der Waals surface area contributed by atoms with E-state index in [1.54, 1.807) is 13.8 Å². The summed E-state index contributed by atoms with van der Waals surface area (Å²) in [5.74, 6) is -0.961. The van der Waals surface area contributed by atoms with Crippen LogP contribution in [0.1, 0.15) is 26.7 Å². The van der Waals surface area contributed by atoms with Crippen LogP contribution in [-0.4, -0.2) is 34.0 Å². The number of likely N-dealkylation sites (N-methyl/N-ethyl adjacent to an activating group) is 1. The second-order valence-electron chi connectivity index (χ2n) is 3.22. The fourth-order valence-corrected chi connectivity index (χ4v) is 1.64. The van der Waals surface area contributed by atoms with Gasteiger partial charge in [-0.15, -0.1) is 0 Å². The van der Waals surface area contributed by atoms with E-state index in [0.717, 1.165) is 0 Å². The number of carboxylic acid groups (broad SMARTS) is 1. The van der Waals surface area contributed by atoms with E-state index in [0.29, 0.717) is 19.4 Å². The Kier molecular flexibility index (Phi) is 2.08. The van der Waals surface area contributed by atoms with Gasteiger partial charge in [-0.05, 0) is 20.3 Å². The van der Waals surface area contributed by atoms with Gasteiger partial charge in [0.25, 0.3) is 0 Å². The standard InChI is InChI=1S/C8H13NO3/c1-3-9-6(10)4-5-8(9,2)7(11)12/h3-5H2,1-2H3,(H,11,12)/t8-/m0/s1. The van der Waals surface area contributed by atoms with Crippen LogP contribution in [-0.2, 0) is 9.59 Å². The van der Waals surface area contributed by atoms with Crippen LogP contribution in [0.4, 0.5) is 0 Å². The minimum Gasteiger partial charge on any atom is -0.480 e. The monoisotopic (exact) mass is 171 g/mol. The van der Waals surface area contributed by atoms with Gasteiger partial charge in [0.1, 0.15) is 5.54 Å². The van der Waals surface area contributed by atoms with Crippen LogP contribution in [0, 0.1) is 0 Å². The van der Waals surface area contributed by atoms with Gasteiger partial charge in [-0.25, -0.2) is 4.79 Å². The summed E-state index contributed by atoms with van der Waals surface area (Å²) in [6.45, 7) is 3.87. The van der Waals surface area contributed by atoms with Gasteiger partial charge < -0.3 is 10.0 Å². The number of aliphatic carboxylic acids is 1. The molecule has 1 amide bonds. The molecule has 1 saturated heterocycles. The Bertz CT molecular complexity index is 224. The molecular weight excluding hydrogens is 158 g/mol. The van der Waals surface area contributed by atoms with Gasteiger partial charge in [-0.2, -0.15) is 0 Å². The largest absolute Gasteiger partial charge is 0.480 e. The minimum absolute atomic E-state index is 0.0533. The number of carboxylic acids is 1. The zero-order chi connectivity index (χ0) is 9.35. The zero-order valence-electron chi connectivity index (χ0n) is 7.33. The fraction of sp³-hybridized carbons (Fsp3) is 0.750. The number of hydrogen-bond acceptors (Lipinski definition) is 2. The summed E-state index contributed by atoms with van der Waals surface area (Å²) >= 11 is 0. The predicted octanol–water partition coefficient (Wildman–Crippen LogP) is 0.472. The number of likely N-dealkylation sites (tertiary alicyclic amines) is 1. The van der Waals surface area contributed by atoms with Crippen LogP contribution in [0.3, 0.4) is 0 Å². The first kappa shape index (κ1) is 9.03. The highest BCUT2D eigenvalue weighted by Crippen LogP contribution is 2.29. The van der Waals surface area contributed by atoms with E-state index in [1.807, 2.05) is 0 Å². The first-order chi connectivity index (χ1) is 5.52. The van der Waals surface area contributed by atoms with E-state index in [2.05, 4.69) is 0 Å². The third kappa shape index (κ3) is 1.07. The molecule has 1 rings (SSSR count). The third-order valence-electron chi connectivity index (χ3n) is 2.50. The first-order valence-corrected chi connectivity index (χ1v) is 4.06. The molecule has 0 spiro atoms. The lowest BCUT2D eigenvalue weighted by atomic mass is 9.99. The molecule has 1 fully saturated rings. The van der Waals surface area contributed by atoms with Crippen LogP contribution in [0.25, 0.3) is 0 Å². The molecule has 1 aliphatic rings. The van der Waals surface area contributed by atoms with E-state index < -0.39 is 11.5 Å². The molecular formula is C8H13NO3. The highest BCUT2D eigenvalue weighted by Gasteiger charge is 2.46. The van der Waals surface area contributed by atoms with Crippen molar-refractivity contribution in [2.45, 2.75) is 32.2 Å². The molecule has 0 aromatic rings. The van der Waals surface area contributed by atoms with Crippen LogP contribution in [0.15, 0.2) is 0 Å². The van der Waals surface area contributed by atoms with Crippen molar-refractivity contribution in [2.75, 3.05) is 6.54 Å². The molecule has 0 saturated carbocycles. The zero-order valence-corrected chi connectivity index (χ0v) is 7.33. The van der Waals surface area contributed by atoms with Crippen molar-refractivity contribution >= 4 is 11.9 Å². The van der Waals surface area contributed by atoms with E-state index in [-0.39, 0.29) is 5.91 Å². The highest BCUT2D eigenvalue weighted by molar-refractivity contribution is 5.90. The molecule has 1 heterocycles. The number of nitrogens with zero attached hydrogens (tertiary/aromatic N) is 1. The summed E-state index contributed by atoms with van der Waals surface area (Å²) in [7, 11) is 0. The second kappa shape index (κ2) is 2.77. The normalized spacial score (nSPS) is 29.5. The predicted molar refractivity (Wildman–Crippen MR) is 42.7 cm³/mol. The second-order valence-corrected chi connectivity index (χ2v) is 3.22. The molecule has 0 aromatic heterocycles. The van der Waals surface area contributed by atoms with Gasteiger partial charge in [0.05, 0.1) is 0 Å². The molecule has 1 aliphatic heterocycles. The number of carbonyl (C=O) groups excluding carboxylic acids is 1. The van der Waals surface area contributed by atoms with Crippen molar-refractivity contribution < 1.29 is 14.7 Å². The number of rotatable bonds is 2. The average Bonchev–Trinajstić information content (AvgIpc) is 2.29. The number of amides is 1. The fourth-order valence-electron chi connectivity index (χ4n) is 1.64. The molecule has 4 heteroatoms. The maximum atomic E-state index is 11.2. The minimum atomic E-state index is -0.966. The number of carbonyl (C=O) groups is 2. The highest BCUT2D eigenvalue weighted by atomic mass is 16.4. The lowest BCUT2D eigenvalue weighted by Gasteiger charge is -2.29. The topological polar surface area (TPSA) is 57.6 Å². The van der Waals surface area contributed by atoms with Gasteiger partial charge in [0.15, 0.2) is 0 Å².